The molecule has 0 aromatic rings. The molecule has 0 amide bonds. The molecule has 3 nitrogen and oxygen atoms in total. The average molecular weight is 316 g/mol. The Morgan fingerprint density at radius 3 is 2.30 bits per heavy atom. The van der Waals surface area contributed by atoms with E-state index in [-0.39, 0.29) is 6.61 Å². The van der Waals surface area contributed by atoms with Crippen LogP contribution in [0.1, 0.15) is 53.9 Å². The summed E-state index contributed by atoms with van der Waals surface area (Å²) in [7, 11) is 0. The Morgan fingerprint density at radius 1 is 1.39 bits per heavy atom. The van der Waals surface area contributed by atoms with E-state index in [4.69, 9.17) is 10.8 Å². The highest BCUT2D eigenvalue weighted by Gasteiger charge is 2.22. The number of nitrogens with two attached hydrogens (primary N) is 1. The van der Waals surface area contributed by atoms with Crippen LogP contribution in [-0.2, 0) is 0 Å². The number of hydrogen-bond acceptors (Lipinski definition) is 2. The third-order valence-electron chi connectivity index (χ3n) is 3.90. The van der Waals surface area contributed by atoms with Gasteiger partial charge in [-0.2, -0.15) is 0 Å². The Morgan fingerprint density at radius 2 is 2.00 bits per heavy atom. The summed E-state index contributed by atoms with van der Waals surface area (Å²) in [6.07, 6.45) is 7.64. The summed E-state index contributed by atoms with van der Waals surface area (Å²) in [5.41, 5.74) is 8.40. The molecule has 1 aliphatic rings. The standard InChI is InChI=1S/C13H18N2O.C7H14/c1-5-11(8-7-9-16)12(10(3)4)13(14)15-6-2;1-3-7-4-6(2)5-7/h5-6,16H,2,9H2,1,3-4H3,(H2,14,15);6-7H,3-5H2,1-2H3/b11-5-;. The third-order valence-corrected chi connectivity index (χ3v) is 3.90. The van der Waals surface area contributed by atoms with Crippen LogP contribution < -0.4 is 5.73 Å². The van der Waals surface area contributed by atoms with Gasteiger partial charge in [0.25, 0.3) is 0 Å². The molecule has 0 atom stereocenters. The molecule has 1 fully saturated rings. The molecule has 0 unspecified atom stereocenters. The van der Waals surface area contributed by atoms with Crippen LogP contribution >= 0.6 is 0 Å². The molecule has 0 aromatic carbocycles. The minimum Gasteiger partial charge on any atom is -0.384 e. The molecule has 3 N–H and O–H groups in total. The molecule has 23 heavy (non-hydrogen) atoms. The number of nitrogens with zero attached hydrogens (tertiary/aromatic N) is 1. The zero-order valence-corrected chi connectivity index (χ0v) is 15.3. The minimum atomic E-state index is -0.175. The van der Waals surface area contributed by atoms with E-state index in [9.17, 15) is 0 Å². The molecule has 3 heteroatoms. The number of aliphatic hydroxyl groups is 1. The molecular formula is C20H32N2O. The van der Waals surface area contributed by atoms with E-state index < -0.39 is 0 Å². The molecule has 0 aliphatic heterocycles. The zero-order chi connectivity index (χ0) is 17.8. The fourth-order valence-electron chi connectivity index (χ4n) is 2.64. The smallest absolute Gasteiger partial charge is 0.131 e. The molecule has 1 aliphatic carbocycles. The molecule has 0 radical (unpaired) electrons. The maximum Gasteiger partial charge on any atom is 0.131 e. The summed E-state index contributed by atoms with van der Waals surface area (Å²) in [5, 5.41) is 8.68. The van der Waals surface area contributed by atoms with Crippen LogP contribution in [-0.4, -0.2) is 17.5 Å². The van der Waals surface area contributed by atoms with Crippen LogP contribution in [0.5, 0.6) is 0 Å². The minimum absolute atomic E-state index is 0.175. The van der Waals surface area contributed by atoms with Gasteiger partial charge in [-0.05, 0) is 45.4 Å². The molecular weight excluding hydrogens is 284 g/mol. The Kier molecular flexibility index (Phi) is 10.8. The summed E-state index contributed by atoms with van der Waals surface area (Å²) in [6.45, 7) is 13.7. The highest BCUT2D eigenvalue weighted by Crippen LogP contribution is 2.34. The van der Waals surface area contributed by atoms with Crippen molar-refractivity contribution in [2.45, 2.75) is 53.9 Å². The van der Waals surface area contributed by atoms with Gasteiger partial charge >= 0.3 is 0 Å². The fraction of sp³-hybridized carbons (Fsp3) is 0.550. The maximum absolute atomic E-state index is 8.68. The summed E-state index contributed by atoms with van der Waals surface area (Å²) in [4.78, 5) is 3.95. The molecule has 0 aromatic heterocycles. The van der Waals surface area contributed by atoms with Gasteiger partial charge < -0.3 is 10.8 Å². The number of allylic oxidation sites excluding steroid dienone is 2. The summed E-state index contributed by atoms with van der Waals surface area (Å²) in [5.74, 6) is 7.97. The summed E-state index contributed by atoms with van der Waals surface area (Å²) >= 11 is 0. The van der Waals surface area contributed by atoms with Crippen molar-refractivity contribution in [3.63, 3.8) is 0 Å². The highest BCUT2D eigenvalue weighted by molar-refractivity contribution is 6.03. The predicted octanol–water partition coefficient (Wildman–Crippen LogP) is 4.21. The molecule has 1 saturated carbocycles. The maximum atomic E-state index is 8.68. The van der Waals surface area contributed by atoms with Crippen molar-refractivity contribution in [1.29, 1.82) is 0 Å². The van der Waals surface area contributed by atoms with Gasteiger partial charge in [0, 0.05) is 17.3 Å². The lowest BCUT2D eigenvalue weighted by molar-refractivity contribution is 0.206. The molecule has 1 rings (SSSR count). The van der Waals surface area contributed by atoms with Crippen molar-refractivity contribution < 1.29 is 5.11 Å². The van der Waals surface area contributed by atoms with Crippen molar-refractivity contribution in [3.05, 3.63) is 35.6 Å². The lowest BCUT2D eigenvalue weighted by Gasteiger charge is -2.31. The predicted molar refractivity (Wildman–Crippen MR) is 101 cm³/mol. The van der Waals surface area contributed by atoms with E-state index in [0.717, 1.165) is 28.6 Å². The van der Waals surface area contributed by atoms with E-state index in [2.05, 4.69) is 37.3 Å². The monoisotopic (exact) mass is 316 g/mol. The van der Waals surface area contributed by atoms with E-state index in [1.54, 1.807) is 0 Å². The Balaban J connectivity index is 0.000000568. The summed E-state index contributed by atoms with van der Waals surface area (Å²) in [6, 6.07) is 0. The second-order valence-corrected chi connectivity index (χ2v) is 6.09. The largest absolute Gasteiger partial charge is 0.384 e. The van der Waals surface area contributed by atoms with Crippen molar-refractivity contribution in [2.75, 3.05) is 6.61 Å². The average Bonchev–Trinajstić information content (AvgIpc) is 2.48. The third kappa shape index (κ3) is 7.85. The van der Waals surface area contributed by atoms with E-state index in [1.165, 1.54) is 25.5 Å². The Bertz CT molecular complexity index is 520. The first-order valence-electron chi connectivity index (χ1n) is 8.29. The number of rotatable bonds is 4. The second kappa shape index (κ2) is 11.7. The molecule has 0 spiro atoms. The molecule has 128 valence electrons. The molecule has 0 bridgehead atoms. The normalized spacial score (nSPS) is 20.3. The van der Waals surface area contributed by atoms with Crippen molar-refractivity contribution in [2.24, 2.45) is 22.6 Å². The van der Waals surface area contributed by atoms with Crippen LogP contribution in [0.3, 0.4) is 0 Å². The van der Waals surface area contributed by atoms with Gasteiger partial charge in [0.05, 0.1) is 0 Å². The fourth-order valence-corrected chi connectivity index (χ4v) is 2.64. The quantitative estimate of drug-likeness (QED) is 0.353. The van der Waals surface area contributed by atoms with Crippen LogP contribution in [0.15, 0.2) is 40.6 Å². The van der Waals surface area contributed by atoms with Crippen molar-refractivity contribution >= 4 is 5.84 Å². The number of aliphatic imine (C=N–C) groups is 1. The van der Waals surface area contributed by atoms with Crippen molar-refractivity contribution in [1.82, 2.24) is 0 Å². The lowest BCUT2D eigenvalue weighted by atomic mass is 9.75. The van der Waals surface area contributed by atoms with Gasteiger partial charge in [-0.25, -0.2) is 4.99 Å². The first-order chi connectivity index (χ1) is 10.9. The lowest BCUT2D eigenvalue weighted by Crippen LogP contribution is -2.19. The SMILES string of the molecule is C=CN=C(N)C(=C(C)C)/C(C#CCO)=C\C.CCC1CC(C)C1. The summed E-state index contributed by atoms with van der Waals surface area (Å²) < 4.78 is 0. The van der Waals surface area contributed by atoms with E-state index >= 15 is 0 Å². The Labute approximate surface area is 142 Å². The van der Waals surface area contributed by atoms with Gasteiger partial charge in [0.2, 0.25) is 0 Å². The van der Waals surface area contributed by atoms with Crippen LogP contribution in [0.4, 0.5) is 0 Å². The van der Waals surface area contributed by atoms with Crippen molar-refractivity contribution in [3.8, 4) is 11.8 Å². The number of amidine groups is 1. The van der Waals surface area contributed by atoms with Gasteiger partial charge in [-0.3, -0.25) is 0 Å². The van der Waals surface area contributed by atoms with Crippen LogP contribution in [0, 0.1) is 23.7 Å². The van der Waals surface area contributed by atoms with E-state index in [1.807, 2.05) is 26.8 Å². The first-order valence-corrected chi connectivity index (χ1v) is 8.29. The topological polar surface area (TPSA) is 58.6 Å². The highest BCUT2D eigenvalue weighted by atomic mass is 16.2. The zero-order valence-electron chi connectivity index (χ0n) is 15.3. The first kappa shape index (κ1) is 21.2. The Hall–Kier alpha value is -1.79. The number of aliphatic hydroxyl groups excluding tert-OH is 1. The van der Waals surface area contributed by atoms with Gasteiger partial charge in [-0.1, -0.05) is 50.3 Å². The molecule has 0 saturated heterocycles. The van der Waals surface area contributed by atoms with Gasteiger partial charge in [0.1, 0.15) is 12.4 Å². The molecule has 0 heterocycles. The van der Waals surface area contributed by atoms with Crippen LogP contribution in [0.2, 0.25) is 0 Å². The number of hydrogen-bond donors (Lipinski definition) is 2. The van der Waals surface area contributed by atoms with Gasteiger partial charge in [-0.15, -0.1) is 0 Å². The van der Waals surface area contributed by atoms with Gasteiger partial charge in [0.15, 0.2) is 0 Å². The van der Waals surface area contributed by atoms with Crippen LogP contribution in [0.25, 0.3) is 0 Å². The van der Waals surface area contributed by atoms with E-state index in [0.29, 0.717) is 5.84 Å². The second-order valence-electron chi connectivity index (χ2n) is 6.09.